The molecule has 0 saturated carbocycles. The topological polar surface area (TPSA) is 87.3 Å². The maximum absolute atomic E-state index is 12.0. The first kappa shape index (κ1) is 18.2. The number of benzene rings is 2. The van der Waals surface area contributed by atoms with Gasteiger partial charge in [0, 0.05) is 24.0 Å². The van der Waals surface area contributed by atoms with Crippen molar-refractivity contribution in [3.8, 4) is 0 Å². The molecule has 2 rings (SSSR count). The Morgan fingerprint density at radius 1 is 0.840 bits per heavy atom. The molecule has 0 unspecified atom stereocenters. The smallest absolute Gasteiger partial charge is 0.233 e. The highest BCUT2D eigenvalue weighted by molar-refractivity contribution is 6.08. The van der Waals surface area contributed by atoms with Gasteiger partial charge in [0.25, 0.3) is 0 Å². The van der Waals surface area contributed by atoms with Crippen LogP contribution in [0.1, 0.15) is 24.5 Å². The van der Waals surface area contributed by atoms with E-state index in [1.54, 1.807) is 24.3 Å². The van der Waals surface area contributed by atoms with Crippen molar-refractivity contribution in [3.63, 3.8) is 0 Å². The molecule has 0 fully saturated rings. The first-order valence-corrected chi connectivity index (χ1v) is 7.88. The van der Waals surface area contributed by atoms with Crippen LogP contribution in [0.3, 0.4) is 0 Å². The van der Waals surface area contributed by atoms with E-state index in [1.165, 1.54) is 6.92 Å². The predicted molar refractivity (Wildman–Crippen MR) is 98.5 cm³/mol. The Labute approximate surface area is 146 Å². The van der Waals surface area contributed by atoms with Crippen LogP contribution in [0.5, 0.6) is 0 Å². The Balaban J connectivity index is 1.93. The third kappa shape index (κ3) is 5.76. The van der Waals surface area contributed by atoms with E-state index in [4.69, 9.17) is 0 Å². The molecule has 2 aromatic rings. The van der Waals surface area contributed by atoms with Crippen molar-refractivity contribution in [1.29, 1.82) is 0 Å². The highest BCUT2D eigenvalue weighted by Gasteiger charge is 2.11. The molecule has 0 heterocycles. The van der Waals surface area contributed by atoms with Crippen LogP contribution in [0, 0.1) is 13.8 Å². The Hall–Kier alpha value is -3.15. The van der Waals surface area contributed by atoms with Crippen molar-refractivity contribution in [2.75, 3.05) is 16.0 Å². The zero-order chi connectivity index (χ0) is 18.4. The fourth-order valence-electron chi connectivity index (χ4n) is 2.38. The standard InChI is InChI=1S/C19H21N3O3/c1-12-7-8-17(13(2)9-12)22-19(25)11-18(24)21-16-6-4-5-15(10-16)20-14(3)23/h4-10H,11H2,1-3H3,(H,20,23)(H,21,24)(H,22,25). The van der Waals surface area contributed by atoms with Gasteiger partial charge in [-0.05, 0) is 43.7 Å². The molecule has 3 N–H and O–H groups in total. The van der Waals surface area contributed by atoms with Crippen molar-refractivity contribution in [2.24, 2.45) is 0 Å². The van der Waals surface area contributed by atoms with Gasteiger partial charge >= 0.3 is 0 Å². The number of carbonyl (C=O) groups excluding carboxylic acids is 3. The summed E-state index contributed by atoms with van der Waals surface area (Å²) in [5, 5.41) is 8.01. The number of anilines is 3. The van der Waals surface area contributed by atoms with Crippen LogP contribution < -0.4 is 16.0 Å². The monoisotopic (exact) mass is 339 g/mol. The molecule has 3 amide bonds. The highest BCUT2D eigenvalue weighted by atomic mass is 16.2. The number of rotatable bonds is 5. The highest BCUT2D eigenvalue weighted by Crippen LogP contribution is 2.17. The molecule has 0 aliphatic rings. The summed E-state index contributed by atoms with van der Waals surface area (Å²) in [7, 11) is 0. The minimum atomic E-state index is -0.428. The third-order valence-corrected chi connectivity index (χ3v) is 3.44. The molecule has 0 aliphatic heterocycles. The van der Waals surface area contributed by atoms with Crippen LogP contribution >= 0.6 is 0 Å². The largest absolute Gasteiger partial charge is 0.326 e. The molecule has 0 atom stereocenters. The minimum absolute atomic E-state index is 0.198. The van der Waals surface area contributed by atoms with Gasteiger partial charge in [-0.15, -0.1) is 0 Å². The van der Waals surface area contributed by atoms with Gasteiger partial charge in [-0.25, -0.2) is 0 Å². The number of aryl methyl sites for hydroxylation is 2. The molecular weight excluding hydrogens is 318 g/mol. The van der Waals surface area contributed by atoms with Gasteiger partial charge in [-0.2, -0.15) is 0 Å². The lowest BCUT2D eigenvalue weighted by atomic mass is 10.1. The first-order chi connectivity index (χ1) is 11.8. The van der Waals surface area contributed by atoms with Crippen LogP contribution in [0.4, 0.5) is 17.1 Å². The SMILES string of the molecule is CC(=O)Nc1cccc(NC(=O)CC(=O)Nc2ccc(C)cc2C)c1. The summed E-state index contributed by atoms with van der Waals surface area (Å²) in [5.41, 5.74) is 3.82. The van der Waals surface area contributed by atoms with E-state index < -0.39 is 5.91 Å². The zero-order valence-electron chi connectivity index (χ0n) is 14.5. The normalized spacial score (nSPS) is 10.0. The van der Waals surface area contributed by atoms with E-state index in [0.717, 1.165) is 11.1 Å². The Bertz CT molecular complexity index is 815. The number of hydrogen-bond donors (Lipinski definition) is 3. The van der Waals surface area contributed by atoms with Crippen molar-refractivity contribution in [3.05, 3.63) is 53.6 Å². The summed E-state index contributed by atoms with van der Waals surface area (Å²) < 4.78 is 0. The van der Waals surface area contributed by atoms with E-state index in [9.17, 15) is 14.4 Å². The van der Waals surface area contributed by atoms with E-state index in [1.807, 2.05) is 32.0 Å². The van der Waals surface area contributed by atoms with Gasteiger partial charge in [0.15, 0.2) is 0 Å². The molecule has 0 spiro atoms. The second-order valence-corrected chi connectivity index (χ2v) is 5.85. The van der Waals surface area contributed by atoms with E-state index in [-0.39, 0.29) is 18.2 Å². The van der Waals surface area contributed by atoms with Gasteiger partial charge < -0.3 is 16.0 Å². The summed E-state index contributed by atoms with van der Waals surface area (Å²) in [5.74, 6) is -1.01. The van der Waals surface area contributed by atoms with E-state index in [2.05, 4.69) is 16.0 Å². The quantitative estimate of drug-likeness (QED) is 0.731. The minimum Gasteiger partial charge on any atom is -0.326 e. The molecule has 130 valence electrons. The van der Waals surface area contributed by atoms with Gasteiger partial charge in [-0.1, -0.05) is 23.8 Å². The summed E-state index contributed by atoms with van der Waals surface area (Å²) >= 11 is 0. The van der Waals surface area contributed by atoms with Crippen LogP contribution in [0.2, 0.25) is 0 Å². The molecule has 0 radical (unpaired) electrons. The van der Waals surface area contributed by atoms with Crippen LogP contribution in [0.15, 0.2) is 42.5 Å². The van der Waals surface area contributed by atoms with Crippen LogP contribution in [-0.4, -0.2) is 17.7 Å². The molecule has 0 aliphatic carbocycles. The fourth-order valence-corrected chi connectivity index (χ4v) is 2.38. The molecule has 0 bridgehead atoms. The number of amides is 3. The van der Waals surface area contributed by atoms with Crippen LogP contribution in [0.25, 0.3) is 0 Å². The summed E-state index contributed by atoms with van der Waals surface area (Å²) in [6, 6.07) is 12.4. The average Bonchev–Trinajstić information content (AvgIpc) is 2.49. The number of nitrogens with one attached hydrogen (secondary N) is 3. The number of hydrogen-bond acceptors (Lipinski definition) is 3. The van der Waals surface area contributed by atoms with Gasteiger partial charge in [0.05, 0.1) is 0 Å². The number of carbonyl (C=O) groups is 3. The van der Waals surface area contributed by atoms with Crippen molar-refractivity contribution in [2.45, 2.75) is 27.2 Å². The lowest BCUT2D eigenvalue weighted by Gasteiger charge is -2.10. The lowest BCUT2D eigenvalue weighted by molar-refractivity contribution is -0.123. The average molecular weight is 339 g/mol. The lowest BCUT2D eigenvalue weighted by Crippen LogP contribution is -2.21. The first-order valence-electron chi connectivity index (χ1n) is 7.88. The molecule has 0 saturated heterocycles. The predicted octanol–water partition coefficient (Wildman–Crippen LogP) is 3.23. The Morgan fingerprint density at radius 3 is 2.12 bits per heavy atom. The molecular formula is C19H21N3O3. The van der Waals surface area contributed by atoms with E-state index in [0.29, 0.717) is 17.1 Å². The molecule has 0 aromatic heterocycles. The van der Waals surface area contributed by atoms with Gasteiger partial charge in [0.1, 0.15) is 6.42 Å². The Morgan fingerprint density at radius 2 is 1.48 bits per heavy atom. The fraction of sp³-hybridized carbons (Fsp3) is 0.211. The van der Waals surface area contributed by atoms with Crippen molar-refractivity contribution < 1.29 is 14.4 Å². The second kappa shape index (κ2) is 8.10. The van der Waals surface area contributed by atoms with Crippen LogP contribution in [-0.2, 0) is 14.4 Å². The molecule has 6 heteroatoms. The molecule has 25 heavy (non-hydrogen) atoms. The van der Waals surface area contributed by atoms with Crippen molar-refractivity contribution >= 4 is 34.8 Å². The van der Waals surface area contributed by atoms with Gasteiger partial charge in [0.2, 0.25) is 17.7 Å². The molecule has 6 nitrogen and oxygen atoms in total. The molecule has 2 aromatic carbocycles. The zero-order valence-corrected chi connectivity index (χ0v) is 14.5. The second-order valence-electron chi connectivity index (χ2n) is 5.85. The Kier molecular flexibility index (Phi) is 5.89. The third-order valence-electron chi connectivity index (χ3n) is 3.44. The van der Waals surface area contributed by atoms with Gasteiger partial charge in [-0.3, -0.25) is 14.4 Å². The summed E-state index contributed by atoms with van der Waals surface area (Å²) in [6.45, 7) is 5.28. The maximum Gasteiger partial charge on any atom is 0.233 e. The maximum atomic E-state index is 12.0. The van der Waals surface area contributed by atoms with Crippen molar-refractivity contribution in [1.82, 2.24) is 0 Å². The summed E-state index contributed by atoms with van der Waals surface area (Å²) in [4.78, 5) is 35.1. The summed E-state index contributed by atoms with van der Waals surface area (Å²) in [6.07, 6.45) is -0.294. The van der Waals surface area contributed by atoms with E-state index >= 15 is 0 Å².